The van der Waals surface area contributed by atoms with Crippen LogP contribution in [0.2, 0.25) is 0 Å². The monoisotopic (exact) mass is 307 g/mol. The van der Waals surface area contributed by atoms with E-state index in [0.717, 1.165) is 11.1 Å². The van der Waals surface area contributed by atoms with E-state index in [2.05, 4.69) is 6.07 Å². The van der Waals surface area contributed by atoms with E-state index in [-0.39, 0.29) is 12.2 Å². The van der Waals surface area contributed by atoms with Crippen molar-refractivity contribution in [2.24, 2.45) is 0 Å². The van der Waals surface area contributed by atoms with Gasteiger partial charge < -0.3 is 4.74 Å². The number of methoxy groups -OCH3 is 1. The number of nitrogens with zero attached hydrogens (tertiary/aromatic N) is 1. The average molecular weight is 307 g/mol. The van der Waals surface area contributed by atoms with Crippen LogP contribution in [0, 0.1) is 18.3 Å². The Kier molecular flexibility index (Phi) is 5.27. The van der Waals surface area contributed by atoms with E-state index in [4.69, 9.17) is 4.74 Å². The number of Topliss-reactive ketones (excluding diaryl/α,β-unsaturated/α-hetero) is 1. The Morgan fingerprint density at radius 2 is 1.87 bits per heavy atom. The highest BCUT2D eigenvalue weighted by molar-refractivity contribution is 5.93. The molecule has 1 unspecified atom stereocenters. The van der Waals surface area contributed by atoms with E-state index in [1.54, 1.807) is 18.2 Å². The van der Waals surface area contributed by atoms with Crippen LogP contribution in [0.3, 0.4) is 0 Å². The fraction of sp³-hybridized carbons (Fsp3) is 0.211. The molecule has 0 N–H and O–H groups in total. The summed E-state index contributed by atoms with van der Waals surface area (Å²) < 4.78 is 4.69. The van der Waals surface area contributed by atoms with Crippen LogP contribution in [0.4, 0.5) is 0 Å². The lowest BCUT2D eigenvalue weighted by Gasteiger charge is -2.13. The summed E-state index contributed by atoms with van der Waals surface area (Å²) in [5.74, 6) is -1.58. The normalized spacial score (nSPS) is 11.3. The van der Waals surface area contributed by atoms with Crippen LogP contribution < -0.4 is 0 Å². The smallest absolute Gasteiger partial charge is 0.337 e. The number of nitriles is 1. The number of hydrogen-bond donors (Lipinski definition) is 0. The first kappa shape index (κ1) is 16.4. The molecule has 0 saturated heterocycles. The van der Waals surface area contributed by atoms with Crippen LogP contribution in [0.1, 0.15) is 33.0 Å². The van der Waals surface area contributed by atoms with Crippen molar-refractivity contribution in [2.75, 3.05) is 7.11 Å². The van der Waals surface area contributed by atoms with Gasteiger partial charge in [0, 0.05) is 6.42 Å². The lowest BCUT2D eigenvalue weighted by Crippen LogP contribution is -2.15. The molecule has 0 aliphatic rings. The highest BCUT2D eigenvalue weighted by Gasteiger charge is 2.23. The molecule has 0 fully saturated rings. The first-order valence-corrected chi connectivity index (χ1v) is 7.22. The van der Waals surface area contributed by atoms with Gasteiger partial charge in [0.1, 0.15) is 5.92 Å². The zero-order chi connectivity index (χ0) is 16.8. The van der Waals surface area contributed by atoms with Gasteiger partial charge in [-0.2, -0.15) is 5.26 Å². The van der Waals surface area contributed by atoms with Crippen LogP contribution in [0.25, 0.3) is 0 Å². The molecule has 1 atom stereocenters. The molecule has 0 heterocycles. The lowest BCUT2D eigenvalue weighted by molar-refractivity contribution is -0.118. The predicted octanol–water partition coefficient (Wildman–Crippen LogP) is 3.20. The minimum atomic E-state index is -0.903. The lowest BCUT2D eigenvalue weighted by atomic mass is 9.88. The maximum absolute atomic E-state index is 12.5. The molecular weight excluding hydrogens is 290 g/mol. The Bertz CT molecular complexity index is 760. The minimum Gasteiger partial charge on any atom is -0.465 e. The maximum atomic E-state index is 12.5. The molecule has 0 spiro atoms. The van der Waals surface area contributed by atoms with Gasteiger partial charge in [-0.3, -0.25) is 4.79 Å². The van der Waals surface area contributed by atoms with Gasteiger partial charge in [-0.05, 0) is 35.7 Å². The fourth-order valence-corrected chi connectivity index (χ4v) is 2.41. The maximum Gasteiger partial charge on any atom is 0.337 e. The van der Waals surface area contributed by atoms with Crippen LogP contribution in [-0.2, 0) is 16.0 Å². The summed E-state index contributed by atoms with van der Waals surface area (Å²) in [5.41, 5.74) is 2.54. The van der Waals surface area contributed by atoms with E-state index >= 15 is 0 Å². The molecule has 116 valence electrons. The minimum absolute atomic E-state index is 0.182. The molecule has 0 aromatic heterocycles. The van der Waals surface area contributed by atoms with E-state index in [1.807, 2.05) is 37.3 Å². The van der Waals surface area contributed by atoms with Crippen molar-refractivity contribution < 1.29 is 14.3 Å². The van der Waals surface area contributed by atoms with Crippen molar-refractivity contribution in [3.8, 4) is 6.07 Å². The fourth-order valence-electron chi connectivity index (χ4n) is 2.41. The number of esters is 1. The zero-order valence-electron chi connectivity index (χ0n) is 13.1. The molecule has 0 bridgehead atoms. The topological polar surface area (TPSA) is 67.2 Å². The van der Waals surface area contributed by atoms with Crippen molar-refractivity contribution in [1.29, 1.82) is 5.26 Å². The Morgan fingerprint density at radius 1 is 1.17 bits per heavy atom. The first-order valence-electron chi connectivity index (χ1n) is 7.22. The van der Waals surface area contributed by atoms with Gasteiger partial charge in [0.15, 0.2) is 5.78 Å². The largest absolute Gasteiger partial charge is 0.465 e. The molecule has 23 heavy (non-hydrogen) atoms. The molecule has 2 aromatic carbocycles. The summed E-state index contributed by atoms with van der Waals surface area (Å²) in [6.45, 7) is 1.82. The number of benzene rings is 2. The van der Waals surface area contributed by atoms with E-state index in [0.29, 0.717) is 11.1 Å². The Hall–Kier alpha value is -2.93. The number of aryl methyl sites for hydroxylation is 1. The summed E-state index contributed by atoms with van der Waals surface area (Å²) in [5, 5.41) is 9.45. The molecule has 4 nitrogen and oxygen atoms in total. The van der Waals surface area contributed by atoms with Gasteiger partial charge in [0.25, 0.3) is 0 Å². The molecule has 0 aliphatic carbocycles. The Balaban J connectivity index is 2.32. The van der Waals surface area contributed by atoms with Crippen LogP contribution >= 0.6 is 0 Å². The molecule has 0 radical (unpaired) electrons. The van der Waals surface area contributed by atoms with Gasteiger partial charge in [-0.15, -0.1) is 0 Å². The second-order valence-electron chi connectivity index (χ2n) is 5.25. The quantitative estimate of drug-likeness (QED) is 0.796. The van der Waals surface area contributed by atoms with E-state index < -0.39 is 11.9 Å². The van der Waals surface area contributed by atoms with Crippen molar-refractivity contribution in [3.05, 3.63) is 70.8 Å². The van der Waals surface area contributed by atoms with Gasteiger partial charge in [0.2, 0.25) is 0 Å². The van der Waals surface area contributed by atoms with Crippen molar-refractivity contribution in [2.45, 2.75) is 19.3 Å². The van der Waals surface area contributed by atoms with E-state index in [9.17, 15) is 14.9 Å². The number of ether oxygens (including phenoxy) is 1. The molecule has 4 heteroatoms. The third-order valence-electron chi connectivity index (χ3n) is 3.68. The number of hydrogen-bond acceptors (Lipinski definition) is 4. The first-order chi connectivity index (χ1) is 11.1. The molecule has 0 aliphatic heterocycles. The number of carbonyl (C=O) groups is 2. The third kappa shape index (κ3) is 3.83. The zero-order valence-corrected chi connectivity index (χ0v) is 13.1. The van der Waals surface area contributed by atoms with Crippen molar-refractivity contribution >= 4 is 11.8 Å². The van der Waals surface area contributed by atoms with Gasteiger partial charge in [-0.1, -0.05) is 36.4 Å². The van der Waals surface area contributed by atoms with Gasteiger partial charge in [-0.25, -0.2) is 4.79 Å². The third-order valence-corrected chi connectivity index (χ3v) is 3.68. The second kappa shape index (κ2) is 7.37. The highest BCUT2D eigenvalue weighted by Crippen LogP contribution is 2.24. The van der Waals surface area contributed by atoms with Crippen molar-refractivity contribution in [1.82, 2.24) is 0 Å². The number of ketones is 1. The molecule has 0 amide bonds. The number of carbonyl (C=O) groups excluding carboxylic acids is 2. The summed E-state index contributed by atoms with van der Waals surface area (Å²) in [4.78, 5) is 24.2. The predicted molar refractivity (Wildman–Crippen MR) is 86.0 cm³/mol. The second-order valence-corrected chi connectivity index (χ2v) is 5.25. The van der Waals surface area contributed by atoms with Crippen molar-refractivity contribution in [3.63, 3.8) is 0 Å². The summed E-state index contributed by atoms with van der Waals surface area (Å²) in [7, 11) is 1.30. The molecule has 2 aromatic rings. The van der Waals surface area contributed by atoms with Gasteiger partial charge >= 0.3 is 5.97 Å². The molecule has 0 saturated carbocycles. The molecular formula is C19H17NO3. The van der Waals surface area contributed by atoms with Crippen LogP contribution in [0.5, 0.6) is 0 Å². The highest BCUT2D eigenvalue weighted by atomic mass is 16.5. The summed E-state index contributed by atoms with van der Waals surface area (Å²) in [6.07, 6.45) is 0.182. The SMILES string of the molecule is COC(=O)c1ccc(C)c(C(C#N)C(=O)Cc2ccccc2)c1. The standard InChI is InChI=1S/C19H17NO3/c1-13-8-9-15(19(22)23-2)11-16(13)17(12-20)18(21)10-14-6-4-3-5-7-14/h3-9,11,17H,10H2,1-2H3. The average Bonchev–Trinajstić information content (AvgIpc) is 2.57. The number of rotatable bonds is 5. The summed E-state index contributed by atoms with van der Waals surface area (Å²) in [6, 6.07) is 16.3. The van der Waals surface area contributed by atoms with Crippen LogP contribution in [-0.4, -0.2) is 18.9 Å². The molecule has 2 rings (SSSR count). The Morgan fingerprint density at radius 3 is 2.48 bits per heavy atom. The van der Waals surface area contributed by atoms with E-state index in [1.165, 1.54) is 7.11 Å². The Labute approximate surface area is 135 Å². The van der Waals surface area contributed by atoms with Crippen LogP contribution in [0.15, 0.2) is 48.5 Å². The van der Waals surface area contributed by atoms with Gasteiger partial charge in [0.05, 0.1) is 18.7 Å². The summed E-state index contributed by atoms with van der Waals surface area (Å²) >= 11 is 0.